The van der Waals surface area contributed by atoms with Crippen LogP contribution in [0.25, 0.3) is 22.3 Å². The van der Waals surface area contributed by atoms with E-state index >= 15 is 0 Å². The highest BCUT2D eigenvalue weighted by molar-refractivity contribution is 5.79. The van der Waals surface area contributed by atoms with Crippen molar-refractivity contribution in [3.05, 3.63) is 60.3 Å². The van der Waals surface area contributed by atoms with Gasteiger partial charge in [-0.25, -0.2) is 9.37 Å². The molecule has 1 unspecified atom stereocenters. The van der Waals surface area contributed by atoms with Crippen molar-refractivity contribution in [1.82, 2.24) is 19.3 Å². The van der Waals surface area contributed by atoms with Gasteiger partial charge in [-0.1, -0.05) is 0 Å². The summed E-state index contributed by atoms with van der Waals surface area (Å²) in [7, 11) is 1.49. The summed E-state index contributed by atoms with van der Waals surface area (Å²) in [5, 5.41) is 17.8. The number of aliphatic hydroxyl groups excluding tert-OH is 1. The standard InChI is InChI=1S/C23H26FN5O3/c1-4-28-14-25-20-11-16(7-9-21(20)28)26-23(30)32-13-17-12-19(27-29(17)5-2)18-8-6-15(24)10-22(18)31-3/h6-12,14,23,26,30H,4-5,13H2,1-3H3. The molecule has 2 aromatic carbocycles. The fraction of sp³-hybridized carbons (Fsp3) is 0.304. The van der Waals surface area contributed by atoms with Crippen molar-refractivity contribution in [2.45, 2.75) is 40.0 Å². The van der Waals surface area contributed by atoms with Gasteiger partial charge >= 0.3 is 0 Å². The first-order valence-corrected chi connectivity index (χ1v) is 10.4. The number of benzene rings is 2. The van der Waals surface area contributed by atoms with E-state index in [0.29, 0.717) is 29.2 Å². The van der Waals surface area contributed by atoms with Crippen LogP contribution in [0.1, 0.15) is 19.5 Å². The number of nitrogens with one attached hydrogen (secondary N) is 1. The van der Waals surface area contributed by atoms with Gasteiger partial charge in [0, 0.05) is 30.4 Å². The summed E-state index contributed by atoms with van der Waals surface area (Å²) in [6.45, 7) is 5.60. The molecule has 8 nitrogen and oxygen atoms in total. The van der Waals surface area contributed by atoms with Crippen molar-refractivity contribution in [3.8, 4) is 17.0 Å². The van der Waals surface area contributed by atoms with Crippen molar-refractivity contribution in [2.24, 2.45) is 0 Å². The predicted octanol–water partition coefficient (Wildman–Crippen LogP) is 3.99. The highest BCUT2D eigenvalue weighted by Gasteiger charge is 2.15. The van der Waals surface area contributed by atoms with Crippen molar-refractivity contribution in [2.75, 3.05) is 12.4 Å². The summed E-state index contributed by atoms with van der Waals surface area (Å²) >= 11 is 0. The first-order valence-electron chi connectivity index (χ1n) is 10.4. The number of halogens is 1. The van der Waals surface area contributed by atoms with E-state index in [-0.39, 0.29) is 12.4 Å². The second-order valence-corrected chi connectivity index (χ2v) is 7.22. The summed E-state index contributed by atoms with van der Waals surface area (Å²) in [6.07, 6.45) is 0.575. The molecule has 168 valence electrons. The second kappa shape index (κ2) is 9.37. The Kier molecular flexibility index (Phi) is 6.38. The van der Waals surface area contributed by atoms with E-state index in [0.717, 1.165) is 23.3 Å². The second-order valence-electron chi connectivity index (χ2n) is 7.22. The Morgan fingerprint density at radius 2 is 1.97 bits per heavy atom. The van der Waals surface area contributed by atoms with Crippen LogP contribution in [0.2, 0.25) is 0 Å². The molecule has 2 aromatic heterocycles. The van der Waals surface area contributed by atoms with E-state index in [2.05, 4.69) is 22.3 Å². The lowest BCUT2D eigenvalue weighted by Crippen LogP contribution is -2.23. The number of anilines is 1. The Labute approximate surface area is 185 Å². The molecule has 0 radical (unpaired) electrons. The lowest BCUT2D eigenvalue weighted by atomic mass is 10.1. The quantitative estimate of drug-likeness (QED) is 0.384. The zero-order valence-electron chi connectivity index (χ0n) is 18.2. The van der Waals surface area contributed by atoms with Gasteiger partial charge in [0.15, 0.2) is 0 Å². The third kappa shape index (κ3) is 4.44. The molecule has 0 spiro atoms. The summed E-state index contributed by atoms with van der Waals surface area (Å²) < 4.78 is 28.2. The zero-order chi connectivity index (χ0) is 22.7. The van der Waals surface area contributed by atoms with E-state index in [1.165, 1.54) is 19.2 Å². The number of fused-ring (bicyclic) bond motifs is 1. The van der Waals surface area contributed by atoms with Gasteiger partial charge < -0.3 is 24.5 Å². The molecular weight excluding hydrogens is 413 g/mol. The number of methoxy groups -OCH3 is 1. The molecule has 0 aliphatic rings. The molecule has 4 aromatic rings. The number of nitrogens with zero attached hydrogens (tertiary/aromatic N) is 4. The Hall–Kier alpha value is -3.43. The van der Waals surface area contributed by atoms with Crippen LogP contribution >= 0.6 is 0 Å². The van der Waals surface area contributed by atoms with E-state index in [9.17, 15) is 9.50 Å². The Bertz CT molecular complexity index is 1220. The third-order valence-corrected chi connectivity index (χ3v) is 5.24. The maximum Gasteiger partial charge on any atom is 0.235 e. The number of hydrogen-bond acceptors (Lipinski definition) is 6. The largest absolute Gasteiger partial charge is 0.496 e. The van der Waals surface area contributed by atoms with Gasteiger partial charge in [-0.15, -0.1) is 0 Å². The van der Waals surface area contributed by atoms with Crippen molar-refractivity contribution < 1.29 is 19.0 Å². The average molecular weight is 439 g/mol. The normalized spacial score (nSPS) is 12.3. The number of hydrogen-bond donors (Lipinski definition) is 2. The highest BCUT2D eigenvalue weighted by atomic mass is 19.1. The summed E-state index contributed by atoms with van der Waals surface area (Å²) in [4.78, 5) is 4.38. The number of aromatic nitrogens is 4. The van der Waals surface area contributed by atoms with Crippen LogP contribution in [0.4, 0.5) is 10.1 Å². The molecule has 32 heavy (non-hydrogen) atoms. The van der Waals surface area contributed by atoms with Gasteiger partial charge in [-0.3, -0.25) is 4.68 Å². The minimum absolute atomic E-state index is 0.130. The van der Waals surface area contributed by atoms with Crippen LogP contribution in [0.3, 0.4) is 0 Å². The molecule has 0 saturated heterocycles. The maximum atomic E-state index is 13.5. The fourth-order valence-electron chi connectivity index (χ4n) is 3.61. The summed E-state index contributed by atoms with van der Waals surface area (Å²) in [5.74, 6) is 0.0266. The van der Waals surface area contributed by atoms with Gasteiger partial charge in [0.1, 0.15) is 11.6 Å². The molecule has 0 fully saturated rings. The average Bonchev–Trinajstić information content (AvgIpc) is 3.40. The molecule has 2 N–H and O–H groups in total. The Balaban J connectivity index is 1.45. The monoisotopic (exact) mass is 439 g/mol. The minimum Gasteiger partial charge on any atom is -0.496 e. The summed E-state index contributed by atoms with van der Waals surface area (Å²) in [5.41, 5.74) is 4.66. The van der Waals surface area contributed by atoms with Crippen molar-refractivity contribution >= 4 is 16.7 Å². The molecule has 9 heteroatoms. The predicted molar refractivity (Wildman–Crippen MR) is 120 cm³/mol. The van der Waals surface area contributed by atoms with Crippen molar-refractivity contribution in [1.29, 1.82) is 0 Å². The first kappa shape index (κ1) is 21.8. The van der Waals surface area contributed by atoms with Crippen LogP contribution in [0.5, 0.6) is 5.75 Å². The minimum atomic E-state index is -1.22. The van der Waals surface area contributed by atoms with Crippen LogP contribution in [-0.2, 0) is 24.4 Å². The molecule has 1 atom stereocenters. The highest BCUT2D eigenvalue weighted by Crippen LogP contribution is 2.30. The van der Waals surface area contributed by atoms with Crippen LogP contribution in [0.15, 0.2) is 48.8 Å². The van der Waals surface area contributed by atoms with Crippen LogP contribution in [0, 0.1) is 5.82 Å². The van der Waals surface area contributed by atoms with E-state index in [1.807, 2.05) is 35.8 Å². The molecule has 4 rings (SSSR count). The number of aryl methyl sites for hydroxylation is 2. The van der Waals surface area contributed by atoms with Gasteiger partial charge in [0.2, 0.25) is 6.41 Å². The smallest absolute Gasteiger partial charge is 0.235 e. The van der Waals surface area contributed by atoms with Gasteiger partial charge in [-0.05, 0) is 50.2 Å². The maximum absolute atomic E-state index is 13.5. The molecule has 0 amide bonds. The Morgan fingerprint density at radius 1 is 1.12 bits per heavy atom. The number of aliphatic hydroxyl groups is 1. The lowest BCUT2D eigenvalue weighted by molar-refractivity contribution is -0.0889. The van der Waals surface area contributed by atoms with E-state index in [1.54, 1.807) is 17.1 Å². The lowest BCUT2D eigenvalue weighted by Gasteiger charge is -2.15. The SMILES string of the molecule is CCn1nc(-c2ccc(F)cc2OC)cc1COC(O)Nc1ccc2c(c1)ncn2CC. The number of imidazole rings is 1. The zero-order valence-corrected chi connectivity index (χ0v) is 18.2. The topological polar surface area (TPSA) is 86.4 Å². The molecule has 0 aliphatic carbocycles. The van der Waals surface area contributed by atoms with Crippen LogP contribution < -0.4 is 10.1 Å². The molecular formula is C23H26FN5O3. The van der Waals surface area contributed by atoms with Crippen molar-refractivity contribution in [3.63, 3.8) is 0 Å². The van der Waals surface area contributed by atoms with Crippen LogP contribution in [-0.4, -0.2) is 38.0 Å². The molecule has 0 bridgehead atoms. The fourth-order valence-corrected chi connectivity index (χ4v) is 3.61. The molecule has 0 aliphatic heterocycles. The van der Waals surface area contributed by atoms with Gasteiger partial charge in [-0.2, -0.15) is 5.10 Å². The summed E-state index contributed by atoms with van der Waals surface area (Å²) in [6, 6.07) is 11.9. The third-order valence-electron chi connectivity index (χ3n) is 5.24. The van der Waals surface area contributed by atoms with Gasteiger partial charge in [0.25, 0.3) is 0 Å². The number of ether oxygens (including phenoxy) is 2. The number of rotatable bonds is 9. The first-order chi connectivity index (χ1) is 15.5. The Morgan fingerprint density at radius 3 is 2.72 bits per heavy atom. The molecule has 2 heterocycles. The van der Waals surface area contributed by atoms with Gasteiger partial charge in [0.05, 0.1) is 42.5 Å². The van der Waals surface area contributed by atoms with E-state index in [4.69, 9.17) is 9.47 Å². The van der Waals surface area contributed by atoms with E-state index < -0.39 is 6.41 Å². The molecule has 0 saturated carbocycles.